The van der Waals surface area contributed by atoms with Gasteiger partial charge in [0.15, 0.2) is 0 Å². The molecule has 2 N–H and O–H groups in total. The zero-order valence-electron chi connectivity index (χ0n) is 12.4. The van der Waals surface area contributed by atoms with Gasteiger partial charge in [-0.25, -0.2) is 13.1 Å². The van der Waals surface area contributed by atoms with Crippen molar-refractivity contribution in [2.75, 3.05) is 27.4 Å². The van der Waals surface area contributed by atoms with Crippen molar-refractivity contribution >= 4 is 10.0 Å². The topological polar surface area (TPSA) is 76.7 Å². The Morgan fingerprint density at radius 3 is 2.86 bits per heavy atom. The summed E-state index contributed by atoms with van der Waals surface area (Å²) in [6, 6.07) is 4.93. The highest BCUT2D eigenvalue weighted by Crippen LogP contribution is 2.25. The maximum atomic E-state index is 12.5. The van der Waals surface area contributed by atoms with Gasteiger partial charge in [-0.2, -0.15) is 0 Å². The van der Waals surface area contributed by atoms with E-state index < -0.39 is 10.0 Å². The molecule has 1 heterocycles. The standard InChI is InChI=1S/C14H22N2O4S/c1-15-9-11-5-6-14(13(8-11)19-2)21(17,18)16-12-4-3-7-20-10-12/h5-6,8,12,15-16H,3-4,7,9-10H2,1-2H3. The predicted octanol–water partition coefficient (Wildman–Crippen LogP) is 0.872. The third-order valence-electron chi connectivity index (χ3n) is 3.38. The molecule has 0 aromatic heterocycles. The van der Waals surface area contributed by atoms with E-state index in [0.29, 0.717) is 25.5 Å². The van der Waals surface area contributed by atoms with Crippen molar-refractivity contribution in [1.82, 2.24) is 10.0 Å². The molecule has 1 unspecified atom stereocenters. The van der Waals surface area contributed by atoms with Crippen LogP contribution in [0.25, 0.3) is 0 Å². The predicted molar refractivity (Wildman–Crippen MR) is 79.9 cm³/mol. The Morgan fingerprint density at radius 1 is 1.43 bits per heavy atom. The number of methoxy groups -OCH3 is 1. The Balaban J connectivity index is 2.21. The molecular weight excluding hydrogens is 292 g/mol. The highest BCUT2D eigenvalue weighted by Gasteiger charge is 2.25. The Morgan fingerprint density at radius 2 is 2.24 bits per heavy atom. The monoisotopic (exact) mass is 314 g/mol. The molecule has 0 radical (unpaired) electrons. The van der Waals surface area contributed by atoms with Crippen molar-refractivity contribution in [3.05, 3.63) is 23.8 Å². The van der Waals surface area contributed by atoms with Crippen LogP contribution in [0.2, 0.25) is 0 Å². The largest absolute Gasteiger partial charge is 0.495 e. The molecule has 118 valence electrons. The van der Waals surface area contributed by atoms with Gasteiger partial charge in [0.2, 0.25) is 10.0 Å². The molecule has 1 aromatic rings. The number of hydrogen-bond donors (Lipinski definition) is 2. The fourth-order valence-electron chi connectivity index (χ4n) is 2.36. The number of benzene rings is 1. The van der Waals surface area contributed by atoms with Gasteiger partial charge < -0.3 is 14.8 Å². The first-order valence-electron chi connectivity index (χ1n) is 6.98. The summed E-state index contributed by atoms with van der Waals surface area (Å²) in [5.41, 5.74) is 0.967. The van der Waals surface area contributed by atoms with E-state index in [1.165, 1.54) is 7.11 Å². The summed E-state index contributed by atoms with van der Waals surface area (Å²) >= 11 is 0. The molecule has 1 aromatic carbocycles. The smallest absolute Gasteiger partial charge is 0.244 e. The summed E-state index contributed by atoms with van der Waals surface area (Å²) in [5.74, 6) is 0.354. The lowest BCUT2D eigenvalue weighted by Gasteiger charge is -2.23. The van der Waals surface area contributed by atoms with E-state index in [4.69, 9.17) is 9.47 Å². The Labute approximate surface area is 125 Å². The van der Waals surface area contributed by atoms with Crippen molar-refractivity contribution in [1.29, 1.82) is 0 Å². The molecule has 0 saturated carbocycles. The van der Waals surface area contributed by atoms with Crippen LogP contribution in [-0.2, 0) is 21.3 Å². The molecule has 21 heavy (non-hydrogen) atoms. The zero-order valence-corrected chi connectivity index (χ0v) is 13.2. The SMILES string of the molecule is CNCc1ccc(S(=O)(=O)NC2CCCOC2)c(OC)c1. The first-order valence-corrected chi connectivity index (χ1v) is 8.46. The van der Waals surface area contributed by atoms with E-state index in [1.54, 1.807) is 18.2 Å². The van der Waals surface area contributed by atoms with Crippen LogP contribution < -0.4 is 14.8 Å². The lowest BCUT2D eigenvalue weighted by molar-refractivity contribution is 0.0774. The average molecular weight is 314 g/mol. The van der Waals surface area contributed by atoms with Crippen LogP contribution in [0.1, 0.15) is 18.4 Å². The van der Waals surface area contributed by atoms with Gasteiger partial charge >= 0.3 is 0 Å². The van der Waals surface area contributed by atoms with E-state index in [9.17, 15) is 8.42 Å². The second-order valence-corrected chi connectivity index (χ2v) is 6.73. The highest BCUT2D eigenvalue weighted by molar-refractivity contribution is 7.89. The summed E-state index contributed by atoms with van der Waals surface area (Å²) in [6.07, 6.45) is 1.66. The lowest BCUT2D eigenvalue weighted by Crippen LogP contribution is -2.40. The molecule has 1 fully saturated rings. The summed E-state index contributed by atoms with van der Waals surface area (Å²) in [7, 11) is -0.301. The molecule has 0 spiro atoms. The second-order valence-electron chi connectivity index (χ2n) is 5.05. The summed E-state index contributed by atoms with van der Waals surface area (Å²) in [4.78, 5) is 0.162. The van der Waals surface area contributed by atoms with E-state index in [-0.39, 0.29) is 10.9 Å². The van der Waals surface area contributed by atoms with Gasteiger partial charge in [-0.1, -0.05) is 6.07 Å². The van der Waals surface area contributed by atoms with Crippen molar-refractivity contribution in [2.45, 2.75) is 30.3 Å². The molecule has 1 aliphatic rings. The van der Waals surface area contributed by atoms with Crippen LogP contribution in [0.3, 0.4) is 0 Å². The third-order valence-corrected chi connectivity index (χ3v) is 4.94. The van der Waals surface area contributed by atoms with E-state index in [1.807, 2.05) is 7.05 Å². The van der Waals surface area contributed by atoms with Crippen molar-refractivity contribution in [3.63, 3.8) is 0 Å². The number of hydrogen-bond acceptors (Lipinski definition) is 5. The van der Waals surface area contributed by atoms with Gasteiger partial charge in [0.25, 0.3) is 0 Å². The van der Waals surface area contributed by atoms with Crippen LogP contribution in [0, 0.1) is 0 Å². The van der Waals surface area contributed by atoms with Gasteiger partial charge in [-0.3, -0.25) is 0 Å². The minimum Gasteiger partial charge on any atom is -0.495 e. The highest BCUT2D eigenvalue weighted by atomic mass is 32.2. The quantitative estimate of drug-likeness (QED) is 0.815. The molecule has 0 bridgehead atoms. The maximum Gasteiger partial charge on any atom is 0.244 e. The first-order chi connectivity index (χ1) is 10.1. The number of rotatable bonds is 6. The molecule has 0 amide bonds. The van der Waals surface area contributed by atoms with Crippen LogP contribution in [0.4, 0.5) is 0 Å². The second kappa shape index (κ2) is 7.22. The molecule has 2 rings (SSSR count). The summed E-state index contributed by atoms with van der Waals surface area (Å²) in [6.45, 7) is 1.76. The fraction of sp³-hybridized carbons (Fsp3) is 0.571. The molecule has 6 nitrogen and oxygen atoms in total. The minimum atomic E-state index is -3.61. The van der Waals surface area contributed by atoms with Gasteiger partial charge in [-0.15, -0.1) is 0 Å². The zero-order chi connectivity index (χ0) is 15.3. The van der Waals surface area contributed by atoms with E-state index in [2.05, 4.69) is 10.0 Å². The summed E-state index contributed by atoms with van der Waals surface area (Å²) in [5, 5.41) is 3.02. The Bertz CT molecular complexity index is 568. The van der Waals surface area contributed by atoms with Gasteiger partial charge in [-0.05, 0) is 37.6 Å². The fourth-order valence-corrected chi connectivity index (χ4v) is 3.77. The van der Waals surface area contributed by atoms with Crippen LogP contribution in [0.5, 0.6) is 5.75 Å². The third kappa shape index (κ3) is 4.16. The van der Waals surface area contributed by atoms with Crippen LogP contribution >= 0.6 is 0 Å². The van der Waals surface area contributed by atoms with Crippen molar-refractivity contribution in [3.8, 4) is 5.75 Å². The summed E-state index contributed by atoms with van der Waals surface area (Å²) < 4.78 is 38.2. The lowest BCUT2D eigenvalue weighted by atomic mass is 10.1. The number of ether oxygens (including phenoxy) is 2. The molecule has 7 heteroatoms. The average Bonchev–Trinajstić information content (AvgIpc) is 2.48. The van der Waals surface area contributed by atoms with E-state index in [0.717, 1.165) is 18.4 Å². The molecule has 1 atom stereocenters. The molecule has 1 aliphatic heterocycles. The molecule has 1 saturated heterocycles. The number of sulfonamides is 1. The first kappa shape index (κ1) is 16.2. The molecular formula is C14H22N2O4S. The van der Waals surface area contributed by atoms with E-state index >= 15 is 0 Å². The van der Waals surface area contributed by atoms with Crippen molar-refractivity contribution in [2.24, 2.45) is 0 Å². The minimum absolute atomic E-state index is 0.162. The van der Waals surface area contributed by atoms with Crippen molar-refractivity contribution < 1.29 is 17.9 Å². The maximum absolute atomic E-state index is 12.5. The van der Waals surface area contributed by atoms with Crippen LogP contribution in [0.15, 0.2) is 23.1 Å². The van der Waals surface area contributed by atoms with Gasteiger partial charge in [0, 0.05) is 19.2 Å². The Kier molecular flexibility index (Phi) is 5.58. The Hall–Kier alpha value is -1.15. The van der Waals surface area contributed by atoms with Gasteiger partial charge in [0.05, 0.1) is 13.7 Å². The van der Waals surface area contributed by atoms with Crippen LogP contribution in [-0.4, -0.2) is 41.8 Å². The van der Waals surface area contributed by atoms with Gasteiger partial charge in [0.1, 0.15) is 10.6 Å². The molecule has 0 aliphatic carbocycles. The normalized spacial score (nSPS) is 19.4. The number of nitrogens with one attached hydrogen (secondary N) is 2.